The lowest BCUT2D eigenvalue weighted by molar-refractivity contribution is 0.582. The molecule has 0 rings (SSSR count). The van der Waals surface area contributed by atoms with Gasteiger partial charge in [-0.1, -0.05) is 0 Å². The van der Waals surface area contributed by atoms with Gasteiger partial charge < -0.3 is 11.5 Å². The summed E-state index contributed by atoms with van der Waals surface area (Å²) >= 11 is 7.90. The molecule has 0 atom stereocenters. The largest absolute Gasteiger partial charge is 0.305 e. The number of hydrogen-bond acceptors (Lipinski definition) is 4. The molecule has 0 spiro atoms. The highest BCUT2D eigenvalue weighted by Crippen LogP contribution is 2.06. The van der Waals surface area contributed by atoms with Gasteiger partial charge in [-0.15, -0.1) is 12.6 Å². The summed E-state index contributed by atoms with van der Waals surface area (Å²) < 4.78 is 0. The highest BCUT2D eigenvalue weighted by Gasteiger charge is 2.09. The first-order valence-electron chi connectivity index (χ1n) is 2.47. The summed E-state index contributed by atoms with van der Waals surface area (Å²) in [6, 6.07) is 0. The van der Waals surface area contributed by atoms with Crippen molar-refractivity contribution in [2.24, 2.45) is 11.5 Å². The van der Waals surface area contributed by atoms with Crippen LogP contribution in [0.1, 0.15) is 12.8 Å². The van der Waals surface area contributed by atoms with E-state index in [0.717, 1.165) is 12.2 Å². The Bertz CT molecular complexity index is 59.5. The number of rotatable bonds is 3. The average molecular weight is 152 g/mol. The van der Waals surface area contributed by atoms with Crippen molar-refractivity contribution in [1.29, 1.82) is 0 Å². The van der Waals surface area contributed by atoms with Crippen LogP contribution in [0.15, 0.2) is 0 Å². The zero-order valence-electron chi connectivity index (χ0n) is 4.67. The molecule has 50 valence electrons. The van der Waals surface area contributed by atoms with Crippen molar-refractivity contribution in [3.05, 3.63) is 0 Å². The minimum Gasteiger partial charge on any atom is -0.305 e. The molecule has 0 saturated carbocycles. The Hall–Kier alpha value is 0.620. The molecule has 0 aliphatic rings. The van der Waals surface area contributed by atoms with Crippen molar-refractivity contribution in [1.82, 2.24) is 0 Å². The molecule has 4 N–H and O–H groups in total. The molecular weight excluding hydrogens is 140 g/mol. The fourth-order valence-electron chi connectivity index (χ4n) is 0.362. The first kappa shape index (κ1) is 8.62. The zero-order valence-corrected chi connectivity index (χ0v) is 6.46. The second-order valence-electron chi connectivity index (χ2n) is 1.82. The quantitative estimate of drug-likeness (QED) is 0.345. The van der Waals surface area contributed by atoms with Crippen LogP contribution in [0.25, 0.3) is 0 Å². The van der Waals surface area contributed by atoms with Gasteiger partial charge in [0.1, 0.15) is 4.99 Å². The SMILES string of the molecule is NC(N)(S)CCCS. The average Bonchev–Trinajstić information content (AvgIpc) is 1.59. The summed E-state index contributed by atoms with van der Waals surface area (Å²) in [6.45, 7) is 0. The van der Waals surface area contributed by atoms with Gasteiger partial charge in [-0.25, -0.2) is 0 Å². The minimum atomic E-state index is -0.803. The van der Waals surface area contributed by atoms with Crippen LogP contribution in [0.5, 0.6) is 0 Å². The molecule has 0 heterocycles. The Morgan fingerprint density at radius 1 is 1.38 bits per heavy atom. The first-order valence-corrected chi connectivity index (χ1v) is 3.55. The molecule has 0 saturated heterocycles. The Kier molecular flexibility index (Phi) is 3.89. The van der Waals surface area contributed by atoms with Crippen LogP contribution in [0.2, 0.25) is 0 Å². The van der Waals surface area contributed by atoms with E-state index in [0.29, 0.717) is 6.42 Å². The fraction of sp³-hybridized carbons (Fsp3) is 1.00. The van der Waals surface area contributed by atoms with E-state index in [9.17, 15) is 0 Å². The van der Waals surface area contributed by atoms with Gasteiger partial charge in [0.15, 0.2) is 0 Å². The van der Waals surface area contributed by atoms with Gasteiger partial charge in [-0.05, 0) is 18.6 Å². The number of nitrogens with two attached hydrogens (primary N) is 2. The van der Waals surface area contributed by atoms with Gasteiger partial charge in [0.2, 0.25) is 0 Å². The van der Waals surface area contributed by atoms with Crippen molar-refractivity contribution < 1.29 is 0 Å². The molecule has 0 aliphatic carbocycles. The fourth-order valence-corrected chi connectivity index (χ4v) is 0.678. The van der Waals surface area contributed by atoms with Crippen LogP contribution >= 0.6 is 25.3 Å². The number of thiol groups is 2. The van der Waals surface area contributed by atoms with Gasteiger partial charge in [-0.3, -0.25) is 0 Å². The van der Waals surface area contributed by atoms with Crippen molar-refractivity contribution in [2.75, 3.05) is 5.75 Å². The van der Waals surface area contributed by atoms with Crippen LogP contribution in [-0.2, 0) is 0 Å². The summed E-state index contributed by atoms with van der Waals surface area (Å²) in [5.74, 6) is 0.816. The maximum Gasteiger partial charge on any atom is 0.109 e. The topological polar surface area (TPSA) is 52.0 Å². The van der Waals surface area contributed by atoms with Gasteiger partial charge in [0.25, 0.3) is 0 Å². The molecular formula is C4H12N2S2. The van der Waals surface area contributed by atoms with E-state index in [4.69, 9.17) is 11.5 Å². The van der Waals surface area contributed by atoms with Crippen molar-refractivity contribution in [3.63, 3.8) is 0 Å². The van der Waals surface area contributed by atoms with Crippen LogP contribution in [0, 0.1) is 0 Å². The lowest BCUT2D eigenvalue weighted by atomic mass is 10.3. The highest BCUT2D eigenvalue weighted by molar-refractivity contribution is 7.81. The summed E-state index contributed by atoms with van der Waals surface area (Å²) in [7, 11) is 0. The maximum absolute atomic E-state index is 5.33. The van der Waals surface area contributed by atoms with E-state index in [-0.39, 0.29) is 0 Å². The normalized spacial score (nSPS) is 12.0. The zero-order chi connectivity index (χ0) is 6.62. The second-order valence-corrected chi connectivity index (χ2v) is 3.10. The lowest BCUT2D eigenvalue weighted by Gasteiger charge is -2.15. The monoisotopic (exact) mass is 152 g/mol. The third-order valence-corrected chi connectivity index (χ3v) is 1.28. The van der Waals surface area contributed by atoms with Gasteiger partial charge >= 0.3 is 0 Å². The van der Waals surface area contributed by atoms with E-state index in [1.807, 2.05) is 0 Å². The molecule has 0 aromatic rings. The summed E-state index contributed by atoms with van der Waals surface area (Å²) in [4.78, 5) is -0.803. The summed E-state index contributed by atoms with van der Waals surface area (Å²) in [6.07, 6.45) is 1.62. The molecule has 0 aromatic carbocycles. The maximum atomic E-state index is 5.33. The van der Waals surface area contributed by atoms with Crippen molar-refractivity contribution in [2.45, 2.75) is 17.8 Å². The molecule has 0 amide bonds. The predicted octanol–water partition coefficient (Wildman–Crippen LogP) is 0.197. The van der Waals surface area contributed by atoms with Crippen molar-refractivity contribution >= 4 is 25.3 Å². The van der Waals surface area contributed by atoms with E-state index in [1.54, 1.807) is 0 Å². The molecule has 2 nitrogen and oxygen atoms in total. The molecule has 0 aromatic heterocycles. The summed E-state index contributed by atoms with van der Waals surface area (Å²) in [5, 5.41) is 0. The molecule has 0 radical (unpaired) electrons. The molecule has 0 bridgehead atoms. The first-order chi connectivity index (χ1) is 3.56. The Balaban J connectivity index is 3.11. The van der Waals surface area contributed by atoms with Gasteiger partial charge in [0, 0.05) is 0 Å². The van der Waals surface area contributed by atoms with Crippen molar-refractivity contribution in [3.8, 4) is 0 Å². The second kappa shape index (κ2) is 3.61. The predicted molar refractivity (Wildman–Crippen MR) is 43.2 cm³/mol. The van der Waals surface area contributed by atoms with E-state index >= 15 is 0 Å². The molecule has 0 unspecified atom stereocenters. The third-order valence-electron chi connectivity index (χ3n) is 0.735. The standard InChI is InChI=1S/C4H12N2S2/c5-4(6,8)2-1-3-7/h7-8H,1-3,5-6H2. The minimum absolute atomic E-state index is 0.708. The Morgan fingerprint density at radius 3 is 2.00 bits per heavy atom. The highest BCUT2D eigenvalue weighted by atomic mass is 32.1. The van der Waals surface area contributed by atoms with Crippen LogP contribution in [0.4, 0.5) is 0 Å². The number of hydrogen-bond donors (Lipinski definition) is 4. The van der Waals surface area contributed by atoms with E-state index < -0.39 is 4.99 Å². The third kappa shape index (κ3) is 6.62. The van der Waals surface area contributed by atoms with Crippen LogP contribution in [-0.4, -0.2) is 10.7 Å². The molecule has 0 fully saturated rings. The van der Waals surface area contributed by atoms with Crippen LogP contribution < -0.4 is 11.5 Å². The lowest BCUT2D eigenvalue weighted by Crippen LogP contribution is -2.43. The molecule has 8 heavy (non-hydrogen) atoms. The van der Waals surface area contributed by atoms with E-state index in [1.165, 1.54) is 0 Å². The smallest absolute Gasteiger partial charge is 0.109 e. The summed E-state index contributed by atoms with van der Waals surface area (Å²) in [5.41, 5.74) is 10.7. The molecule has 0 aliphatic heterocycles. The van der Waals surface area contributed by atoms with Gasteiger partial charge in [0.05, 0.1) is 0 Å². The molecule has 4 heteroatoms. The van der Waals surface area contributed by atoms with Gasteiger partial charge in [-0.2, -0.15) is 12.6 Å². The van der Waals surface area contributed by atoms with E-state index in [2.05, 4.69) is 25.3 Å². The Morgan fingerprint density at radius 2 is 1.88 bits per heavy atom. The Labute approximate surface area is 60.8 Å². The van der Waals surface area contributed by atoms with Crippen LogP contribution in [0.3, 0.4) is 0 Å².